The highest BCUT2D eigenvalue weighted by molar-refractivity contribution is 6.03. The molecule has 28 heavy (non-hydrogen) atoms. The van der Waals surface area contributed by atoms with Crippen molar-refractivity contribution >= 4 is 28.9 Å². The molecule has 2 amide bonds. The molecule has 2 aliphatic heterocycles. The summed E-state index contributed by atoms with van der Waals surface area (Å²) in [5.74, 6) is -1.39. The second-order valence-corrected chi connectivity index (χ2v) is 7.44. The minimum atomic E-state index is -0.492. The van der Waals surface area contributed by atoms with E-state index in [-0.39, 0.29) is 30.5 Å². The van der Waals surface area contributed by atoms with Crippen LogP contribution in [0.4, 0.5) is 21.5 Å². The SMILES string of the molecule is O=C(Nc1ccc(N2CCCCC2)cc1)[C@@H]1CC(=O)N(c2ccccc2F)C1. The molecular weight excluding hydrogens is 357 g/mol. The van der Waals surface area contributed by atoms with E-state index in [0.717, 1.165) is 13.1 Å². The lowest BCUT2D eigenvalue weighted by atomic mass is 10.1. The molecule has 0 bridgehead atoms. The van der Waals surface area contributed by atoms with Crippen molar-refractivity contribution in [2.24, 2.45) is 5.92 Å². The topological polar surface area (TPSA) is 52.7 Å². The van der Waals surface area contributed by atoms with Crippen molar-refractivity contribution in [2.45, 2.75) is 25.7 Å². The normalized spacial score (nSPS) is 19.8. The van der Waals surface area contributed by atoms with Crippen LogP contribution in [-0.4, -0.2) is 31.4 Å². The Morgan fingerprint density at radius 2 is 1.71 bits per heavy atom. The Hall–Kier alpha value is -2.89. The zero-order valence-electron chi connectivity index (χ0n) is 15.7. The Morgan fingerprint density at radius 3 is 2.43 bits per heavy atom. The molecule has 2 aromatic rings. The number of rotatable bonds is 4. The number of carbonyl (C=O) groups excluding carboxylic acids is 2. The number of carbonyl (C=O) groups is 2. The third-order valence-corrected chi connectivity index (χ3v) is 5.50. The minimum Gasteiger partial charge on any atom is -0.372 e. The summed E-state index contributed by atoms with van der Waals surface area (Å²) in [6.45, 7) is 2.33. The molecule has 0 unspecified atom stereocenters. The lowest BCUT2D eigenvalue weighted by molar-refractivity contribution is -0.122. The molecule has 2 heterocycles. The maximum atomic E-state index is 14.0. The van der Waals surface area contributed by atoms with Crippen LogP contribution in [0.2, 0.25) is 0 Å². The standard InChI is InChI=1S/C22H24FN3O2/c23-19-6-2-3-7-20(19)26-15-16(14-21(26)27)22(28)24-17-8-10-18(11-9-17)25-12-4-1-5-13-25/h2-3,6-11,16H,1,4-5,12-15H2,(H,24,28)/t16-/m1/s1. The Morgan fingerprint density at radius 1 is 1.00 bits per heavy atom. The van der Waals surface area contributed by atoms with Gasteiger partial charge in [0.15, 0.2) is 0 Å². The van der Waals surface area contributed by atoms with Crippen LogP contribution in [0.3, 0.4) is 0 Å². The zero-order valence-corrected chi connectivity index (χ0v) is 15.7. The largest absolute Gasteiger partial charge is 0.372 e. The quantitative estimate of drug-likeness (QED) is 0.876. The van der Waals surface area contributed by atoms with E-state index >= 15 is 0 Å². The monoisotopic (exact) mass is 381 g/mol. The molecule has 2 aromatic carbocycles. The molecular formula is C22H24FN3O2. The van der Waals surface area contributed by atoms with Crippen LogP contribution in [0.25, 0.3) is 0 Å². The number of hydrogen-bond donors (Lipinski definition) is 1. The molecule has 5 nitrogen and oxygen atoms in total. The first-order valence-electron chi connectivity index (χ1n) is 9.82. The lowest BCUT2D eigenvalue weighted by Crippen LogP contribution is -2.29. The molecule has 1 N–H and O–H groups in total. The van der Waals surface area contributed by atoms with Gasteiger partial charge in [-0.25, -0.2) is 4.39 Å². The molecule has 0 aliphatic carbocycles. The summed E-state index contributed by atoms with van der Waals surface area (Å²) < 4.78 is 14.0. The first-order valence-corrected chi connectivity index (χ1v) is 9.82. The van der Waals surface area contributed by atoms with Crippen molar-refractivity contribution in [2.75, 3.05) is 34.8 Å². The van der Waals surface area contributed by atoms with E-state index < -0.39 is 11.7 Å². The van der Waals surface area contributed by atoms with Gasteiger partial charge in [-0.1, -0.05) is 12.1 Å². The van der Waals surface area contributed by atoms with E-state index in [1.54, 1.807) is 18.2 Å². The van der Waals surface area contributed by atoms with Gasteiger partial charge in [-0.15, -0.1) is 0 Å². The van der Waals surface area contributed by atoms with Gasteiger partial charge in [-0.05, 0) is 55.7 Å². The highest BCUT2D eigenvalue weighted by Crippen LogP contribution is 2.28. The van der Waals surface area contributed by atoms with Crippen molar-refractivity contribution in [1.82, 2.24) is 0 Å². The summed E-state index contributed by atoms with van der Waals surface area (Å²) in [5.41, 5.74) is 2.11. The van der Waals surface area contributed by atoms with Crippen LogP contribution >= 0.6 is 0 Å². The van der Waals surface area contributed by atoms with Gasteiger partial charge in [0.05, 0.1) is 11.6 Å². The second-order valence-electron chi connectivity index (χ2n) is 7.44. The summed E-state index contributed by atoms with van der Waals surface area (Å²) in [6.07, 6.45) is 3.81. The number of para-hydroxylation sites is 1. The van der Waals surface area contributed by atoms with Gasteiger partial charge >= 0.3 is 0 Å². The highest BCUT2D eigenvalue weighted by atomic mass is 19.1. The number of piperidine rings is 1. The van der Waals surface area contributed by atoms with Crippen molar-refractivity contribution in [3.63, 3.8) is 0 Å². The fourth-order valence-corrected chi connectivity index (χ4v) is 3.94. The first-order chi connectivity index (χ1) is 13.6. The smallest absolute Gasteiger partial charge is 0.229 e. The molecule has 0 spiro atoms. The predicted octanol–water partition coefficient (Wildman–Crippen LogP) is 3.81. The van der Waals surface area contributed by atoms with Crippen LogP contribution in [0.1, 0.15) is 25.7 Å². The molecule has 2 saturated heterocycles. The summed E-state index contributed by atoms with van der Waals surface area (Å²) in [5, 5.41) is 2.89. The third kappa shape index (κ3) is 3.86. The summed E-state index contributed by atoms with van der Waals surface area (Å²) in [7, 11) is 0. The maximum absolute atomic E-state index is 14.0. The Bertz CT molecular complexity index is 862. The minimum absolute atomic E-state index is 0.0893. The summed E-state index contributed by atoms with van der Waals surface area (Å²) in [6, 6.07) is 14.0. The Labute approximate surface area is 164 Å². The van der Waals surface area contributed by atoms with Crippen molar-refractivity contribution in [3.8, 4) is 0 Å². The fraction of sp³-hybridized carbons (Fsp3) is 0.364. The van der Waals surface area contributed by atoms with Gasteiger partial charge in [0.25, 0.3) is 0 Å². The molecule has 0 radical (unpaired) electrons. The van der Waals surface area contributed by atoms with Crippen molar-refractivity contribution in [3.05, 3.63) is 54.3 Å². The molecule has 0 saturated carbocycles. The molecule has 146 valence electrons. The molecule has 2 fully saturated rings. The van der Waals surface area contributed by atoms with Gasteiger partial charge < -0.3 is 15.1 Å². The van der Waals surface area contributed by atoms with Crippen molar-refractivity contribution in [1.29, 1.82) is 0 Å². The number of halogens is 1. The van der Waals surface area contributed by atoms with Crippen LogP contribution in [0, 0.1) is 11.7 Å². The van der Waals surface area contributed by atoms with E-state index in [2.05, 4.69) is 10.2 Å². The van der Waals surface area contributed by atoms with Gasteiger partial charge in [-0.2, -0.15) is 0 Å². The molecule has 6 heteroatoms. The molecule has 4 rings (SSSR count). The fourth-order valence-electron chi connectivity index (χ4n) is 3.94. The highest BCUT2D eigenvalue weighted by Gasteiger charge is 2.36. The van der Waals surface area contributed by atoms with Gasteiger partial charge in [0.1, 0.15) is 5.82 Å². The van der Waals surface area contributed by atoms with Crippen molar-refractivity contribution < 1.29 is 14.0 Å². The summed E-state index contributed by atoms with van der Waals surface area (Å²) >= 11 is 0. The van der Waals surface area contributed by atoms with Crippen LogP contribution in [0.15, 0.2) is 48.5 Å². The lowest BCUT2D eigenvalue weighted by Gasteiger charge is -2.28. The second kappa shape index (κ2) is 8.00. The van der Waals surface area contributed by atoms with E-state index in [9.17, 15) is 14.0 Å². The maximum Gasteiger partial charge on any atom is 0.229 e. The Balaban J connectivity index is 1.39. The third-order valence-electron chi connectivity index (χ3n) is 5.50. The van der Waals surface area contributed by atoms with E-state index in [1.807, 2.05) is 24.3 Å². The summed E-state index contributed by atoms with van der Waals surface area (Å²) in [4.78, 5) is 28.6. The van der Waals surface area contributed by atoms with Gasteiger partial charge in [0, 0.05) is 37.4 Å². The van der Waals surface area contributed by atoms with Gasteiger partial charge in [0.2, 0.25) is 11.8 Å². The van der Waals surface area contributed by atoms with E-state index in [0.29, 0.717) is 5.69 Å². The number of nitrogens with zero attached hydrogens (tertiary/aromatic N) is 2. The van der Waals surface area contributed by atoms with Crippen LogP contribution < -0.4 is 15.1 Å². The number of anilines is 3. The predicted molar refractivity (Wildman–Crippen MR) is 108 cm³/mol. The van der Waals surface area contributed by atoms with Gasteiger partial charge in [-0.3, -0.25) is 9.59 Å². The van der Waals surface area contributed by atoms with Crippen LogP contribution in [0.5, 0.6) is 0 Å². The Kier molecular flexibility index (Phi) is 5.28. The number of benzene rings is 2. The average molecular weight is 381 g/mol. The number of amides is 2. The van der Waals surface area contributed by atoms with E-state index in [1.165, 1.54) is 35.9 Å². The zero-order chi connectivity index (χ0) is 19.5. The number of nitrogens with one attached hydrogen (secondary N) is 1. The van der Waals surface area contributed by atoms with Crippen LogP contribution in [-0.2, 0) is 9.59 Å². The first kappa shape index (κ1) is 18.5. The molecule has 1 atom stereocenters. The average Bonchev–Trinajstić information content (AvgIpc) is 3.11. The number of hydrogen-bond acceptors (Lipinski definition) is 3. The molecule has 2 aliphatic rings. The molecule has 0 aromatic heterocycles. The van der Waals surface area contributed by atoms with E-state index in [4.69, 9.17) is 0 Å².